The molecule has 20 heavy (non-hydrogen) atoms. The predicted octanol–water partition coefficient (Wildman–Crippen LogP) is 2.29. The van der Waals surface area contributed by atoms with E-state index in [1.165, 1.54) is 11.1 Å². The first-order chi connectivity index (χ1) is 9.56. The highest BCUT2D eigenvalue weighted by molar-refractivity contribution is 5.81. The molecule has 1 aliphatic rings. The van der Waals surface area contributed by atoms with Crippen LogP contribution in [0.3, 0.4) is 0 Å². The van der Waals surface area contributed by atoms with E-state index in [4.69, 9.17) is 0 Å². The monoisotopic (exact) mass is 274 g/mol. The number of benzene rings is 1. The van der Waals surface area contributed by atoms with E-state index in [0.29, 0.717) is 12.0 Å². The van der Waals surface area contributed by atoms with E-state index >= 15 is 0 Å². The lowest BCUT2D eigenvalue weighted by Crippen LogP contribution is -2.48. The van der Waals surface area contributed by atoms with Crippen LogP contribution < -0.4 is 10.6 Å². The molecular weight excluding hydrogens is 248 g/mol. The standard InChI is InChI=1S/C17H26N2O/c1-12(2)11-18-17(20)13(3)19-16-9-8-14-6-4-5-7-15(14)10-16/h4-7,12-13,16,19H,8-11H2,1-3H3,(H,18,20). The molecule has 0 spiro atoms. The molecule has 0 saturated carbocycles. The lowest BCUT2D eigenvalue weighted by Gasteiger charge is -2.28. The third-order valence-electron chi connectivity index (χ3n) is 3.91. The Hall–Kier alpha value is -1.35. The molecule has 2 unspecified atom stereocenters. The van der Waals surface area contributed by atoms with Crippen molar-refractivity contribution in [2.45, 2.75) is 52.1 Å². The molecule has 0 saturated heterocycles. The predicted molar refractivity (Wildman–Crippen MR) is 82.7 cm³/mol. The Bertz CT molecular complexity index is 456. The van der Waals surface area contributed by atoms with Crippen LogP contribution in [0.15, 0.2) is 24.3 Å². The van der Waals surface area contributed by atoms with Gasteiger partial charge in [0, 0.05) is 12.6 Å². The number of rotatable bonds is 5. The first kappa shape index (κ1) is 15.0. The fourth-order valence-electron chi connectivity index (χ4n) is 2.73. The lowest BCUT2D eigenvalue weighted by atomic mass is 9.88. The SMILES string of the molecule is CC(C)CNC(=O)C(C)NC1CCc2ccccc2C1. The quantitative estimate of drug-likeness (QED) is 0.865. The number of amides is 1. The van der Waals surface area contributed by atoms with E-state index in [0.717, 1.165) is 25.8 Å². The molecule has 1 amide bonds. The molecule has 1 aromatic rings. The number of carbonyl (C=O) groups is 1. The molecule has 0 aliphatic heterocycles. The summed E-state index contributed by atoms with van der Waals surface area (Å²) in [6, 6.07) is 8.90. The minimum Gasteiger partial charge on any atom is -0.354 e. The Kier molecular flexibility index (Phi) is 5.18. The number of hydrogen-bond acceptors (Lipinski definition) is 2. The van der Waals surface area contributed by atoms with Gasteiger partial charge in [0.05, 0.1) is 6.04 Å². The van der Waals surface area contributed by atoms with E-state index < -0.39 is 0 Å². The van der Waals surface area contributed by atoms with Crippen LogP contribution in [0.1, 0.15) is 38.3 Å². The zero-order valence-electron chi connectivity index (χ0n) is 12.8. The fraction of sp³-hybridized carbons (Fsp3) is 0.588. The van der Waals surface area contributed by atoms with Crippen molar-refractivity contribution >= 4 is 5.91 Å². The minimum atomic E-state index is -0.121. The Balaban J connectivity index is 1.84. The van der Waals surface area contributed by atoms with Crippen LogP contribution in [-0.4, -0.2) is 24.5 Å². The topological polar surface area (TPSA) is 41.1 Å². The van der Waals surface area contributed by atoms with Crippen LogP contribution in [0.2, 0.25) is 0 Å². The molecule has 0 bridgehead atoms. The van der Waals surface area contributed by atoms with Gasteiger partial charge in [-0.2, -0.15) is 0 Å². The van der Waals surface area contributed by atoms with Crippen LogP contribution in [0, 0.1) is 5.92 Å². The van der Waals surface area contributed by atoms with Crippen molar-refractivity contribution < 1.29 is 4.79 Å². The maximum atomic E-state index is 12.0. The molecule has 1 aliphatic carbocycles. The summed E-state index contributed by atoms with van der Waals surface area (Å²) < 4.78 is 0. The summed E-state index contributed by atoms with van der Waals surface area (Å²) >= 11 is 0. The summed E-state index contributed by atoms with van der Waals surface area (Å²) in [6.07, 6.45) is 3.24. The van der Waals surface area contributed by atoms with Gasteiger partial charge in [-0.3, -0.25) is 4.79 Å². The molecule has 0 aromatic heterocycles. The van der Waals surface area contributed by atoms with E-state index in [9.17, 15) is 4.79 Å². The second kappa shape index (κ2) is 6.89. The number of carbonyl (C=O) groups excluding carboxylic acids is 1. The summed E-state index contributed by atoms with van der Waals surface area (Å²) in [5.74, 6) is 0.602. The molecule has 2 atom stereocenters. The van der Waals surface area contributed by atoms with Crippen LogP contribution >= 0.6 is 0 Å². The van der Waals surface area contributed by atoms with Crippen LogP contribution in [0.4, 0.5) is 0 Å². The smallest absolute Gasteiger partial charge is 0.236 e. The zero-order valence-corrected chi connectivity index (χ0v) is 12.8. The van der Waals surface area contributed by atoms with Gasteiger partial charge in [-0.05, 0) is 43.2 Å². The van der Waals surface area contributed by atoms with Crippen LogP contribution in [0.5, 0.6) is 0 Å². The maximum absolute atomic E-state index is 12.0. The highest BCUT2D eigenvalue weighted by Gasteiger charge is 2.22. The van der Waals surface area contributed by atoms with E-state index in [1.54, 1.807) is 0 Å². The second-order valence-corrected chi connectivity index (χ2v) is 6.24. The van der Waals surface area contributed by atoms with Crippen molar-refractivity contribution in [3.63, 3.8) is 0 Å². The fourth-order valence-corrected chi connectivity index (χ4v) is 2.73. The first-order valence-corrected chi connectivity index (χ1v) is 7.66. The van der Waals surface area contributed by atoms with Crippen molar-refractivity contribution in [2.24, 2.45) is 5.92 Å². The van der Waals surface area contributed by atoms with E-state index in [1.807, 2.05) is 6.92 Å². The summed E-state index contributed by atoms with van der Waals surface area (Å²) in [5, 5.41) is 6.46. The molecule has 0 heterocycles. The van der Waals surface area contributed by atoms with E-state index in [2.05, 4.69) is 48.7 Å². The van der Waals surface area contributed by atoms with Gasteiger partial charge < -0.3 is 10.6 Å². The van der Waals surface area contributed by atoms with Gasteiger partial charge in [-0.1, -0.05) is 38.1 Å². The minimum absolute atomic E-state index is 0.109. The average molecular weight is 274 g/mol. The maximum Gasteiger partial charge on any atom is 0.236 e. The Morgan fingerprint density at radius 1 is 1.25 bits per heavy atom. The molecule has 1 aromatic carbocycles. The summed E-state index contributed by atoms with van der Waals surface area (Å²) in [5.41, 5.74) is 2.88. The summed E-state index contributed by atoms with van der Waals surface area (Å²) in [6.45, 7) is 6.92. The number of aryl methyl sites for hydroxylation is 1. The molecule has 110 valence electrons. The van der Waals surface area contributed by atoms with Gasteiger partial charge in [0.1, 0.15) is 0 Å². The molecule has 2 rings (SSSR count). The van der Waals surface area contributed by atoms with Crippen molar-refractivity contribution in [1.29, 1.82) is 0 Å². The summed E-state index contributed by atoms with van der Waals surface area (Å²) in [7, 11) is 0. The van der Waals surface area contributed by atoms with Gasteiger partial charge in [-0.25, -0.2) is 0 Å². The molecule has 2 N–H and O–H groups in total. The Labute approximate surface area is 122 Å². The Morgan fingerprint density at radius 3 is 2.65 bits per heavy atom. The summed E-state index contributed by atoms with van der Waals surface area (Å²) in [4.78, 5) is 12.0. The molecule has 3 heteroatoms. The highest BCUT2D eigenvalue weighted by Crippen LogP contribution is 2.21. The van der Waals surface area contributed by atoms with Crippen molar-refractivity contribution in [2.75, 3.05) is 6.54 Å². The molecule has 3 nitrogen and oxygen atoms in total. The largest absolute Gasteiger partial charge is 0.354 e. The number of nitrogens with one attached hydrogen (secondary N) is 2. The normalized spacial score (nSPS) is 19.5. The zero-order chi connectivity index (χ0) is 14.5. The van der Waals surface area contributed by atoms with E-state index in [-0.39, 0.29) is 11.9 Å². The average Bonchev–Trinajstić information content (AvgIpc) is 2.44. The number of hydrogen-bond donors (Lipinski definition) is 2. The first-order valence-electron chi connectivity index (χ1n) is 7.66. The van der Waals surface area contributed by atoms with Crippen molar-refractivity contribution in [1.82, 2.24) is 10.6 Å². The molecule has 0 fully saturated rings. The molecular formula is C17H26N2O. The third kappa shape index (κ3) is 4.07. The highest BCUT2D eigenvalue weighted by atomic mass is 16.2. The number of fused-ring (bicyclic) bond motifs is 1. The second-order valence-electron chi connectivity index (χ2n) is 6.24. The van der Waals surface area contributed by atoms with Gasteiger partial charge in [0.2, 0.25) is 5.91 Å². The van der Waals surface area contributed by atoms with Gasteiger partial charge in [0.25, 0.3) is 0 Å². The van der Waals surface area contributed by atoms with Crippen molar-refractivity contribution in [3.05, 3.63) is 35.4 Å². The third-order valence-corrected chi connectivity index (χ3v) is 3.91. The van der Waals surface area contributed by atoms with Crippen molar-refractivity contribution in [3.8, 4) is 0 Å². The van der Waals surface area contributed by atoms with Gasteiger partial charge in [-0.15, -0.1) is 0 Å². The molecule has 0 radical (unpaired) electrons. The van der Waals surface area contributed by atoms with Crippen LogP contribution in [0.25, 0.3) is 0 Å². The van der Waals surface area contributed by atoms with Gasteiger partial charge >= 0.3 is 0 Å². The Morgan fingerprint density at radius 2 is 1.95 bits per heavy atom. The van der Waals surface area contributed by atoms with Gasteiger partial charge in [0.15, 0.2) is 0 Å². The lowest BCUT2D eigenvalue weighted by molar-refractivity contribution is -0.123. The van der Waals surface area contributed by atoms with Crippen LogP contribution in [-0.2, 0) is 17.6 Å².